The minimum atomic E-state index is -3.77. The van der Waals surface area contributed by atoms with Gasteiger partial charge in [0, 0.05) is 5.92 Å². The maximum Gasteiger partial charge on any atom is 0.297 e. The minimum Gasteiger partial charge on any atom is -0.390 e. The summed E-state index contributed by atoms with van der Waals surface area (Å²) in [5.74, 6) is -0.0600. The summed E-state index contributed by atoms with van der Waals surface area (Å²) in [4.78, 5) is 0.197. The zero-order chi connectivity index (χ0) is 15.8. The number of hydrogen-bond donors (Lipinski definition) is 1. The first kappa shape index (κ1) is 16.0. The van der Waals surface area contributed by atoms with Gasteiger partial charge in [0.25, 0.3) is 10.1 Å². The van der Waals surface area contributed by atoms with Crippen molar-refractivity contribution < 1.29 is 17.7 Å². The number of aryl methyl sites for hydroxylation is 1. The molecule has 2 aliphatic rings. The van der Waals surface area contributed by atoms with Gasteiger partial charge in [0.15, 0.2) is 0 Å². The molecule has 2 saturated carbocycles. The fourth-order valence-corrected chi connectivity index (χ4v) is 5.08. The van der Waals surface area contributed by atoms with Crippen molar-refractivity contribution in [1.82, 2.24) is 0 Å². The molecule has 0 saturated heterocycles. The van der Waals surface area contributed by atoms with Gasteiger partial charge in [-0.1, -0.05) is 30.5 Å². The fourth-order valence-electron chi connectivity index (χ4n) is 3.94. The van der Waals surface area contributed by atoms with E-state index in [4.69, 9.17) is 4.18 Å². The van der Waals surface area contributed by atoms with E-state index in [0.717, 1.165) is 44.1 Å². The Kier molecular flexibility index (Phi) is 4.32. The lowest BCUT2D eigenvalue weighted by Gasteiger charge is -2.47. The van der Waals surface area contributed by atoms with Crippen molar-refractivity contribution in [2.75, 3.05) is 0 Å². The molecule has 0 unspecified atom stereocenters. The van der Waals surface area contributed by atoms with Crippen LogP contribution in [0.3, 0.4) is 0 Å². The van der Waals surface area contributed by atoms with Crippen LogP contribution in [0, 0.1) is 12.8 Å². The van der Waals surface area contributed by atoms with Gasteiger partial charge in [-0.05, 0) is 51.2 Å². The molecule has 1 aromatic carbocycles. The third kappa shape index (κ3) is 3.07. The van der Waals surface area contributed by atoms with Crippen LogP contribution in [0.15, 0.2) is 29.2 Å². The summed E-state index contributed by atoms with van der Waals surface area (Å²) >= 11 is 0. The lowest BCUT2D eigenvalue weighted by Crippen LogP contribution is -2.50. The molecule has 122 valence electrons. The van der Waals surface area contributed by atoms with Crippen molar-refractivity contribution in [3.8, 4) is 0 Å². The lowest BCUT2D eigenvalue weighted by atomic mass is 9.66. The Morgan fingerprint density at radius 2 is 1.77 bits per heavy atom. The largest absolute Gasteiger partial charge is 0.390 e. The molecule has 0 aliphatic heterocycles. The highest BCUT2D eigenvalue weighted by atomic mass is 32.2. The Labute approximate surface area is 132 Å². The van der Waals surface area contributed by atoms with Crippen LogP contribution in [0.5, 0.6) is 0 Å². The maximum atomic E-state index is 12.5. The molecule has 0 radical (unpaired) electrons. The van der Waals surface area contributed by atoms with Gasteiger partial charge in [-0.2, -0.15) is 8.42 Å². The highest BCUT2D eigenvalue weighted by molar-refractivity contribution is 7.86. The molecule has 3 atom stereocenters. The average Bonchev–Trinajstić information content (AvgIpc) is 2.47. The van der Waals surface area contributed by atoms with Crippen molar-refractivity contribution >= 4 is 10.1 Å². The van der Waals surface area contributed by atoms with Crippen LogP contribution < -0.4 is 0 Å². The first-order chi connectivity index (χ1) is 10.4. The molecular weight excluding hydrogens is 300 g/mol. The summed E-state index contributed by atoms with van der Waals surface area (Å²) in [6.07, 6.45) is 5.57. The second-order valence-corrected chi connectivity index (χ2v) is 8.32. The van der Waals surface area contributed by atoms with Gasteiger partial charge in [0.1, 0.15) is 0 Å². The Morgan fingerprint density at radius 3 is 2.50 bits per heavy atom. The maximum absolute atomic E-state index is 12.5. The number of aliphatic hydroxyl groups is 1. The Hall–Kier alpha value is -0.910. The summed E-state index contributed by atoms with van der Waals surface area (Å²) in [5.41, 5.74) is 0.280. The lowest BCUT2D eigenvalue weighted by molar-refractivity contribution is -0.116. The molecule has 0 aromatic heterocycles. The molecule has 0 heterocycles. The van der Waals surface area contributed by atoms with Gasteiger partial charge in [-0.3, -0.25) is 4.18 Å². The molecule has 0 amide bonds. The third-order valence-electron chi connectivity index (χ3n) is 5.17. The van der Waals surface area contributed by atoms with E-state index in [1.54, 1.807) is 24.3 Å². The van der Waals surface area contributed by atoms with Crippen molar-refractivity contribution in [2.24, 2.45) is 5.92 Å². The predicted octanol–water partition coefficient (Wildman–Crippen LogP) is 3.17. The fraction of sp³-hybridized carbons (Fsp3) is 0.647. The molecule has 1 N–H and O–H groups in total. The molecule has 2 aliphatic carbocycles. The molecule has 1 aromatic rings. The van der Waals surface area contributed by atoms with E-state index in [9.17, 15) is 13.5 Å². The normalized spacial score (nSPS) is 32.5. The zero-order valence-electron chi connectivity index (χ0n) is 13.0. The Bertz CT molecular complexity index is 619. The molecule has 2 fully saturated rings. The molecule has 3 rings (SSSR count). The van der Waals surface area contributed by atoms with E-state index >= 15 is 0 Å². The van der Waals surface area contributed by atoms with Crippen molar-refractivity contribution in [3.05, 3.63) is 29.8 Å². The van der Waals surface area contributed by atoms with Crippen LogP contribution in [-0.4, -0.2) is 25.2 Å². The molecule has 5 heteroatoms. The van der Waals surface area contributed by atoms with E-state index in [2.05, 4.69) is 0 Å². The number of hydrogen-bond acceptors (Lipinski definition) is 4. The van der Waals surface area contributed by atoms with Gasteiger partial charge in [-0.15, -0.1) is 0 Å². The summed E-state index contributed by atoms with van der Waals surface area (Å²) < 4.78 is 30.5. The second-order valence-electron chi connectivity index (χ2n) is 6.75. The van der Waals surface area contributed by atoms with Crippen LogP contribution in [0.2, 0.25) is 0 Å². The third-order valence-corrected chi connectivity index (χ3v) is 6.52. The SMILES string of the molecule is Cc1ccc(S(=O)(=O)O[C@H]2CCC[C@@]3(O)CCCC[C@H]23)cc1. The van der Waals surface area contributed by atoms with Gasteiger partial charge in [-0.25, -0.2) is 0 Å². The van der Waals surface area contributed by atoms with Gasteiger partial charge >= 0.3 is 0 Å². The molecule has 0 bridgehead atoms. The Balaban J connectivity index is 1.80. The summed E-state index contributed by atoms with van der Waals surface area (Å²) in [6.45, 7) is 1.92. The monoisotopic (exact) mass is 324 g/mol. The van der Waals surface area contributed by atoms with Gasteiger partial charge in [0.05, 0.1) is 16.6 Å². The summed E-state index contributed by atoms with van der Waals surface area (Å²) in [6, 6.07) is 6.71. The van der Waals surface area contributed by atoms with Crippen molar-refractivity contribution in [2.45, 2.75) is 68.5 Å². The molecule has 4 nitrogen and oxygen atoms in total. The summed E-state index contributed by atoms with van der Waals surface area (Å²) in [7, 11) is -3.77. The van der Waals surface area contributed by atoms with E-state index in [0.29, 0.717) is 6.42 Å². The van der Waals surface area contributed by atoms with Crippen LogP contribution >= 0.6 is 0 Å². The highest BCUT2D eigenvalue weighted by Crippen LogP contribution is 2.45. The minimum absolute atomic E-state index is 0.0600. The second kappa shape index (κ2) is 5.95. The smallest absolute Gasteiger partial charge is 0.297 e. The molecule has 22 heavy (non-hydrogen) atoms. The van der Waals surface area contributed by atoms with Crippen LogP contribution in [-0.2, 0) is 14.3 Å². The van der Waals surface area contributed by atoms with Crippen LogP contribution in [0.4, 0.5) is 0 Å². The quantitative estimate of drug-likeness (QED) is 0.867. The standard InChI is InChI=1S/C17H24O4S/c1-13-7-9-14(10-8-13)22(19,20)21-16-6-4-12-17(18)11-3-2-5-15(16)17/h7-10,15-16,18H,2-6,11-12H2,1H3/t15-,16+,17+/m1/s1. The van der Waals surface area contributed by atoms with E-state index in [1.807, 2.05) is 6.92 Å². The van der Waals surface area contributed by atoms with E-state index in [-0.39, 0.29) is 10.8 Å². The topological polar surface area (TPSA) is 63.6 Å². The van der Waals surface area contributed by atoms with Gasteiger partial charge in [0.2, 0.25) is 0 Å². The highest BCUT2D eigenvalue weighted by Gasteiger charge is 2.47. The molecular formula is C17H24O4S. The average molecular weight is 324 g/mol. The van der Waals surface area contributed by atoms with Crippen molar-refractivity contribution in [3.63, 3.8) is 0 Å². The Morgan fingerprint density at radius 1 is 1.09 bits per heavy atom. The predicted molar refractivity (Wildman–Crippen MR) is 84.0 cm³/mol. The first-order valence-corrected chi connectivity index (χ1v) is 9.54. The van der Waals surface area contributed by atoms with E-state index in [1.165, 1.54) is 0 Å². The van der Waals surface area contributed by atoms with E-state index < -0.39 is 21.8 Å². The van der Waals surface area contributed by atoms with Crippen LogP contribution in [0.1, 0.15) is 50.5 Å². The first-order valence-electron chi connectivity index (χ1n) is 8.13. The van der Waals surface area contributed by atoms with Crippen molar-refractivity contribution in [1.29, 1.82) is 0 Å². The molecule has 0 spiro atoms. The van der Waals surface area contributed by atoms with Crippen LogP contribution in [0.25, 0.3) is 0 Å². The zero-order valence-corrected chi connectivity index (χ0v) is 13.8. The summed E-state index contributed by atoms with van der Waals surface area (Å²) in [5, 5.41) is 10.8. The van der Waals surface area contributed by atoms with Gasteiger partial charge < -0.3 is 5.11 Å². The number of benzene rings is 1. The number of fused-ring (bicyclic) bond motifs is 1. The number of rotatable bonds is 3.